The second-order valence-electron chi connectivity index (χ2n) is 7.30. The Labute approximate surface area is 179 Å². The lowest BCUT2D eigenvalue weighted by Gasteiger charge is -2.23. The number of rotatable bonds is 5. The highest BCUT2D eigenvalue weighted by Gasteiger charge is 2.37. The van der Waals surface area contributed by atoms with Crippen LogP contribution in [0.4, 0.5) is 22.0 Å². The molecule has 1 aliphatic rings. The van der Waals surface area contributed by atoms with E-state index in [0.29, 0.717) is 17.2 Å². The summed E-state index contributed by atoms with van der Waals surface area (Å²) in [5.74, 6) is 0.694. The fraction of sp³-hybridized carbons (Fsp3) is 0.211. The van der Waals surface area contributed by atoms with Crippen LogP contribution in [0.25, 0.3) is 16.7 Å². The predicted molar refractivity (Wildman–Crippen MR) is 114 cm³/mol. The van der Waals surface area contributed by atoms with Crippen LogP contribution in [0.15, 0.2) is 35.3 Å². The molecule has 0 amide bonds. The topological polar surface area (TPSA) is 153 Å². The minimum Gasteiger partial charge on any atom is -0.382 e. The summed E-state index contributed by atoms with van der Waals surface area (Å²) in [4.78, 5) is 26.1. The zero-order chi connectivity index (χ0) is 21.7. The molecule has 0 bridgehead atoms. The van der Waals surface area contributed by atoms with Crippen molar-refractivity contribution in [2.24, 2.45) is 5.92 Å². The first-order valence-electron chi connectivity index (χ1n) is 9.49. The SMILES string of the molecule is Nc1nc(N)c(Cl)c(N[C@H](c2nc3ccc(F)cc3c(=O)n2-c2ccn[nH]2)C2CC2)n1. The number of halogens is 2. The molecule has 0 aliphatic heterocycles. The molecule has 10 nitrogen and oxygen atoms in total. The highest BCUT2D eigenvalue weighted by molar-refractivity contribution is 6.35. The molecule has 0 unspecified atom stereocenters. The van der Waals surface area contributed by atoms with E-state index in [1.807, 2.05) is 0 Å². The Morgan fingerprint density at radius 2 is 2.03 bits per heavy atom. The Morgan fingerprint density at radius 3 is 2.74 bits per heavy atom. The van der Waals surface area contributed by atoms with Gasteiger partial charge in [-0.25, -0.2) is 13.9 Å². The number of nitrogen functional groups attached to an aromatic ring is 2. The van der Waals surface area contributed by atoms with Gasteiger partial charge >= 0.3 is 0 Å². The lowest BCUT2D eigenvalue weighted by atomic mass is 10.1. The number of hydrogen-bond donors (Lipinski definition) is 4. The van der Waals surface area contributed by atoms with Crippen molar-refractivity contribution in [3.05, 3.63) is 57.5 Å². The van der Waals surface area contributed by atoms with E-state index < -0.39 is 17.4 Å². The molecule has 3 heterocycles. The fourth-order valence-electron chi connectivity index (χ4n) is 3.54. The molecule has 1 fully saturated rings. The average molecular weight is 442 g/mol. The summed E-state index contributed by atoms with van der Waals surface area (Å²) in [6.45, 7) is 0. The Bertz CT molecular complexity index is 1350. The van der Waals surface area contributed by atoms with Gasteiger partial charge in [-0.15, -0.1) is 0 Å². The van der Waals surface area contributed by atoms with Crippen molar-refractivity contribution in [1.82, 2.24) is 29.7 Å². The minimum absolute atomic E-state index is 0.0353. The summed E-state index contributed by atoms with van der Waals surface area (Å²) < 4.78 is 15.2. The Morgan fingerprint density at radius 1 is 1.23 bits per heavy atom. The van der Waals surface area contributed by atoms with Gasteiger partial charge in [-0.2, -0.15) is 15.1 Å². The summed E-state index contributed by atoms with van der Waals surface area (Å²) in [5.41, 5.74) is 11.5. The van der Waals surface area contributed by atoms with Gasteiger partial charge in [0.2, 0.25) is 5.95 Å². The average Bonchev–Trinajstić information content (AvgIpc) is 3.44. The number of nitrogens with zero attached hydrogens (tertiary/aromatic N) is 5. The molecule has 1 atom stereocenters. The first-order valence-corrected chi connectivity index (χ1v) is 9.87. The second-order valence-corrected chi connectivity index (χ2v) is 7.68. The summed E-state index contributed by atoms with van der Waals surface area (Å²) in [6.07, 6.45) is 3.33. The highest BCUT2D eigenvalue weighted by Crippen LogP contribution is 2.43. The molecule has 1 aliphatic carbocycles. The van der Waals surface area contributed by atoms with Gasteiger partial charge in [-0.05, 0) is 37.0 Å². The number of aromatic amines is 1. The molecule has 3 aromatic heterocycles. The van der Waals surface area contributed by atoms with Crippen molar-refractivity contribution >= 4 is 40.1 Å². The molecular formula is C19H17ClFN9O. The Balaban J connectivity index is 1.73. The molecule has 4 aromatic rings. The first kappa shape index (κ1) is 19.2. The lowest BCUT2D eigenvalue weighted by molar-refractivity contribution is 0.604. The summed E-state index contributed by atoms with van der Waals surface area (Å²) in [7, 11) is 0. The summed E-state index contributed by atoms with van der Waals surface area (Å²) in [6, 6.07) is 5.10. The number of H-pyrrole nitrogens is 1. The summed E-state index contributed by atoms with van der Waals surface area (Å²) in [5, 5.41) is 10.2. The van der Waals surface area contributed by atoms with Crippen LogP contribution in [0, 0.1) is 11.7 Å². The quantitative estimate of drug-likeness (QED) is 0.368. The molecule has 1 aromatic carbocycles. The number of nitrogens with one attached hydrogen (secondary N) is 2. The Hall–Kier alpha value is -3.73. The summed E-state index contributed by atoms with van der Waals surface area (Å²) >= 11 is 6.29. The van der Waals surface area contributed by atoms with Crippen LogP contribution < -0.4 is 22.3 Å². The van der Waals surface area contributed by atoms with Gasteiger partial charge in [0.15, 0.2) is 5.82 Å². The molecule has 31 heavy (non-hydrogen) atoms. The van der Waals surface area contributed by atoms with Gasteiger partial charge in [0.1, 0.15) is 28.3 Å². The van der Waals surface area contributed by atoms with E-state index in [9.17, 15) is 9.18 Å². The number of fused-ring (bicyclic) bond motifs is 1. The molecule has 12 heteroatoms. The molecular weight excluding hydrogens is 425 g/mol. The van der Waals surface area contributed by atoms with Crippen molar-refractivity contribution in [3.8, 4) is 5.82 Å². The number of aromatic nitrogens is 6. The normalized spacial score (nSPS) is 14.6. The third-order valence-corrected chi connectivity index (χ3v) is 5.51. The van der Waals surface area contributed by atoms with Crippen LogP contribution in [0.1, 0.15) is 24.7 Å². The zero-order valence-corrected chi connectivity index (χ0v) is 16.8. The van der Waals surface area contributed by atoms with E-state index >= 15 is 0 Å². The minimum atomic E-state index is -0.522. The third kappa shape index (κ3) is 3.42. The van der Waals surface area contributed by atoms with Gasteiger partial charge in [0.25, 0.3) is 5.56 Å². The van der Waals surface area contributed by atoms with Gasteiger partial charge in [0.05, 0.1) is 23.1 Å². The van der Waals surface area contributed by atoms with Gasteiger partial charge in [0, 0.05) is 6.07 Å². The van der Waals surface area contributed by atoms with Crippen molar-refractivity contribution in [3.63, 3.8) is 0 Å². The van der Waals surface area contributed by atoms with Gasteiger partial charge in [-0.1, -0.05) is 11.6 Å². The fourth-order valence-corrected chi connectivity index (χ4v) is 3.68. The second kappa shape index (κ2) is 7.20. The predicted octanol–water partition coefficient (Wildman–Crippen LogP) is 2.42. The van der Waals surface area contributed by atoms with Crippen molar-refractivity contribution < 1.29 is 4.39 Å². The molecule has 0 spiro atoms. The van der Waals surface area contributed by atoms with Crippen LogP contribution in [0.2, 0.25) is 5.02 Å². The van der Waals surface area contributed by atoms with E-state index in [1.165, 1.54) is 29.0 Å². The number of nitrogens with two attached hydrogens (primary N) is 2. The molecule has 0 saturated heterocycles. The van der Waals surface area contributed by atoms with Crippen LogP contribution in [0.3, 0.4) is 0 Å². The van der Waals surface area contributed by atoms with Crippen LogP contribution in [-0.2, 0) is 0 Å². The van der Waals surface area contributed by atoms with Gasteiger partial charge < -0.3 is 16.8 Å². The highest BCUT2D eigenvalue weighted by atomic mass is 35.5. The molecule has 0 radical (unpaired) electrons. The van der Waals surface area contributed by atoms with Crippen LogP contribution in [0.5, 0.6) is 0 Å². The monoisotopic (exact) mass is 441 g/mol. The molecule has 6 N–H and O–H groups in total. The van der Waals surface area contributed by atoms with E-state index in [4.69, 9.17) is 28.1 Å². The van der Waals surface area contributed by atoms with Crippen LogP contribution in [-0.4, -0.2) is 29.7 Å². The molecule has 1 saturated carbocycles. The van der Waals surface area contributed by atoms with Crippen LogP contribution >= 0.6 is 11.6 Å². The van der Waals surface area contributed by atoms with E-state index in [-0.39, 0.29) is 33.9 Å². The van der Waals surface area contributed by atoms with Crippen molar-refractivity contribution in [1.29, 1.82) is 0 Å². The number of hydrogen-bond acceptors (Lipinski definition) is 8. The number of anilines is 3. The first-order chi connectivity index (χ1) is 14.9. The maximum absolute atomic E-state index is 13.8. The third-order valence-electron chi connectivity index (χ3n) is 5.14. The number of benzene rings is 1. The maximum atomic E-state index is 13.8. The lowest BCUT2D eigenvalue weighted by Crippen LogP contribution is -2.29. The van der Waals surface area contributed by atoms with Crippen molar-refractivity contribution in [2.75, 3.05) is 16.8 Å². The van der Waals surface area contributed by atoms with E-state index in [1.54, 1.807) is 6.07 Å². The van der Waals surface area contributed by atoms with Crippen molar-refractivity contribution in [2.45, 2.75) is 18.9 Å². The maximum Gasteiger partial charge on any atom is 0.267 e. The zero-order valence-electron chi connectivity index (χ0n) is 16.0. The van der Waals surface area contributed by atoms with E-state index in [0.717, 1.165) is 12.8 Å². The van der Waals surface area contributed by atoms with E-state index in [2.05, 4.69) is 25.5 Å². The molecule has 158 valence electrons. The Kier molecular flexibility index (Phi) is 4.47. The largest absolute Gasteiger partial charge is 0.382 e. The standard InChI is InChI=1S/C19H17ClFN9O/c20-13-15(22)27-19(23)28-16(13)26-14(8-1-2-8)17-25-11-4-3-9(21)7-10(11)18(31)30(17)12-5-6-24-29-12/h3-8,14H,1-2H2,(H,24,29)(H5,22,23,26,27,28)/t14-/m0/s1. The molecule has 5 rings (SSSR count). The van der Waals surface area contributed by atoms with Gasteiger partial charge in [-0.3, -0.25) is 9.89 Å². The smallest absolute Gasteiger partial charge is 0.267 e.